The van der Waals surface area contributed by atoms with E-state index in [9.17, 15) is 14.7 Å². The number of imide groups is 1. The lowest BCUT2D eigenvalue weighted by molar-refractivity contribution is -0.127. The Morgan fingerprint density at radius 3 is 2.39 bits per heavy atom. The van der Waals surface area contributed by atoms with Crippen molar-refractivity contribution in [1.29, 1.82) is 0 Å². The van der Waals surface area contributed by atoms with Crippen LogP contribution in [0.2, 0.25) is 0 Å². The number of nitrogens with zero attached hydrogens (tertiary/aromatic N) is 1. The minimum Gasteiger partial charge on any atom is -0.510 e. The summed E-state index contributed by atoms with van der Waals surface area (Å²) in [4.78, 5) is 25.4. The minimum absolute atomic E-state index is 0.0592. The fraction of sp³-hybridized carbons (Fsp3) is 0.545. The third kappa shape index (κ3) is 4.93. The third-order valence-electron chi connectivity index (χ3n) is 5.19. The maximum Gasteiger partial charge on any atom is 0.418 e. The number of ether oxygens (including phenoxy) is 2. The molecular formula is C22H29NO5. The van der Waals surface area contributed by atoms with Gasteiger partial charge in [0, 0.05) is 6.08 Å². The monoisotopic (exact) mass is 387 g/mol. The number of amides is 2. The molecule has 2 amide bonds. The van der Waals surface area contributed by atoms with Gasteiger partial charge in [0.2, 0.25) is 0 Å². The van der Waals surface area contributed by atoms with Crippen molar-refractivity contribution in [3.05, 3.63) is 47.7 Å². The van der Waals surface area contributed by atoms with Gasteiger partial charge in [0.05, 0.1) is 12.7 Å². The second-order valence-corrected chi connectivity index (χ2v) is 8.49. The Morgan fingerprint density at radius 1 is 1.14 bits per heavy atom. The van der Waals surface area contributed by atoms with Gasteiger partial charge in [-0.2, -0.15) is 0 Å². The van der Waals surface area contributed by atoms with Crippen LogP contribution >= 0.6 is 0 Å². The van der Waals surface area contributed by atoms with Crippen molar-refractivity contribution in [2.75, 3.05) is 6.61 Å². The summed E-state index contributed by atoms with van der Waals surface area (Å²) in [7, 11) is 0. The third-order valence-corrected chi connectivity index (χ3v) is 5.19. The number of hydrogen-bond acceptors (Lipinski definition) is 5. The highest BCUT2D eigenvalue weighted by Crippen LogP contribution is 2.34. The first-order valence-corrected chi connectivity index (χ1v) is 9.88. The Labute approximate surface area is 166 Å². The van der Waals surface area contributed by atoms with Crippen molar-refractivity contribution in [3.63, 3.8) is 0 Å². The van der Waals surface area contributed by atoms with Gasteiger partial charge in [0.15, 0.2) is 0 Å². The van der Waals surface area contributed by atoms with Crippen LogP contribution in [0.3, 0.4) is 0 Å². The summed E-state index contributed by atoms with van der Waals surface area (Å²) in [6.07, 6.45) is 4.26. The Balaban J connectivity index is 1.54. The second-order valence-electron chi connectivity index (χ2n) is 8.49. The number of hydrogen-bond donors (Lipinski definition) is 1. The molecule has 1 fully saturated rings. The first-order chi connectivity index (χ1) is 13.2. The summed E-state index contributed by atoms with van der Waals surface area (Å²) in [5, 5.41) is 10.1. The first kappa shape index (κ1) is 20.4. The molecule has 1 saturated carbocycles. The van der Waals surface area contributed by atoms with E-state index in [4.69, 9.17) is 9.47 Å². The van der Waals surface area contributed by atoms with Gasteiger partial charge in [-0.3, -0.25) is 4.79 Å². The highest BCUT2D eigenvalue weighted by molar-refractivity contribution is 6.02. The molecule has 0 spiro atoms. The van der Waals surface area contributed by atoms with Crippen LogP contribution in [0.5, 0.6) is 0 Å². The molecule has 2 aliphatic rings. The Morgan fingerprint density at radius 2 is 1.79 bits per heavy atom. The molecule has 6 heteroatoms. The lowest BCUT2D eigenvalue weighted by atomic mass is 9.83. The van der Waals surface area contributed by atoms with E-state index < -0.39 is 23.6 Å². The number of aliphatic hydroxyl groups is 1. The summed E-state index contributed by atoms with van der Waals surface area (Å²) in [5.41, 5.74) is 0.635. The normalized spacial score (nSPS) is 25.5. The summed E-state index contributed by atoms with van der Waals surface area (Å²) in [6.45, 7) is 5.27. The number of benzene rings is 1. The summed E-state index contributed by atoms with van der Waals surface area (Å²) < 4.78 is 11.3. The fourth-order valence-corrected chi connectivity index (χ4v) is 3.78. The van der Waals surface area contributed by atoms with Crippen molar-refractivity contribution in [2.24, 2.45) is 0 Å². The lowest BCUT2D eigenvalue weighted by Crippen LogP contribution is -2.46. The zero-order valence-corrected chi connectivity index (χ0v) is 16.8. The number of carbonyl (C=O) groups excluding carboxylic acids is 2. The van der Waals surface area contributed by atoms with Gasteiger partial charge in [-0.15, -0.1) is 0 Å². The molecule has 0 radical (unpaired) electrons. The van der Waals surface area contributed by atoms with E-state index in [-0.39, 0.29) is 18.5 Å². The molecular weight excluding hydrogens is 358 g/mol. The van der Waals surface area contributed by atoms with Gasteiger partial charge in [-0.25, -0.2) is 9.69 Å². The van der Waals surface area contributed by atoms with Crippen LogP contribution in [-0.2, 0) is 14.3 Å². The summed E-state index contributed by atoms with van der Waals surface area (Å²) in [6, 6.07) is 9.66. The summed E-state index contributed by atoms with van der Waals surface area (Å²) in [5.74, 6) is -0.192. The topological polar surface area (TPSA) is 76.1 Å². The second kappa shape index (κ2) is 8.35. The SMILES string of the molecule is CC(C)(C)OC(=O)N1C(=O)C=C(O)C1COC1CCC(c2ccccc2)CC1. The molecule has 1 aromatic carbocycles. The van der Waals surface area contributed by atoms with Crippen molar-refractivity contribution < 1.29 is 24.2 Å². The molecule has 1 atom stereocenters. The molecule has 1 aromatic rings. The largest absolute Gasteiger partial charge is 0.510 e. The minimum atomic E-state index is -0.825. The van der Waals surface area contributed by atoms with Crippen molar-refractivity contribution in [2.45, 2.75) is 70.1 Å². The smallest absolute Gasteiger partial charge is 0.418 e. The highest BCUT2D eigenvalue weighted by Gasteiger charge is 2.40. The molecule has 6 nitrogen and oxygen atoms in total. The Kier molecular flexibility index (Phi) is 6.08. The average Bonchev–Trinajstić information content (AvgIpc) is 2.93. The van der Waals surface area contributed by atoms with E-state index in [1.807, 2.05) is 6.07 Å². The van der Waals surface area contributed by atoms with Gasteiger partial charge in [-0.1, -0.05) is 30.3 Å². The first-order valence-electron chi connectivity index (χ1n) is 9.88. The van der Waals surface area contributed by atoms with Gasteiger partial charge < -0.3 is 14.6 Å². The van der Waals surface area contributed by atoms with Crippen molar-refractivity contribution >= 4 is 12.0 Å². The van der Waals surface area contributed by atoms with Crippen LogP contribution in [0, 0.1) is 0 Å². The van der Waals surface area contributed by atoms with E-state index in [0.717, 1.165) is 36.7 Å². The van der Waals surface area contributed by atoms with E-state index in [1.54, 1.807) is 20.8 Å². The Bertz CT molecular complexity index is 729. The molecule has 1 heterocycles. The molecule has 1 aliphatic carbocycles. The van der Waals surface area contributed by atoms with Crippen LogP contribution < -0.4 is 0 Å². The average molecular weight is 387 g/mol. The van der Waals surface area contributed by atoms with Gasteiger partial charge in [0.1, 0.15) is 17.4 Å². The van der Waals surface area contributed by atoms with Gasteiger partial charge in [0.25, 0.3) is 5.91 Å². The Hall–Kier alpha value is -2.34. The van der Waals surface area contributed by atoms with Crippen LogP contribution in [0.4, 0.5) is 4.79 Å². The standard InChI is InChI=1S/C22H29NO5/c1-22(2,3)28-21(26)23-18(19(24)13-20(23)25)14-27-17-11-9-16(10-12-17)15-7-5-4-6-8-15/h4-8,13,16-18,24H,9-12,14H2,1-3H3. The molecule has 1 aliphatic heterocycles. The van der Waals surface area contributed by atoms with Gasteiger partial charge in [-0.05, 0) is 57.9 Å². The fourth-order valence-electron chi connectivity index (χ4n) is 3.78. The predicted molar refractivity (Wildman–Crippen MR) is 105 cm³/mol. The van der Waals surface area contributed by atoms with Crippen LogP contribution in [0.1, 0.15) is 57.9 Å². The molecule has 0 saturated heterocycles. The van der Waals surface area contributed by atoms with Crippen LogP contribution in [0.25, 0.3) is 0 Å². The predicted octanol–water partition coefficient (Wildman–Crippen LogP) is 4.32. The van der Waals surface area contributed by atoms with Crippen molar-refractivity contribution in [3.8, 4) is 0 Å². The maximum atomic E-state index is 12.4. The van der Waals surface area contributed by atoms with Gasteiger partial charge >= 0.3 is 6.09 Å². The van der Waals surface area contributed by atoms with E-state index in [0.29, 0.717) is 5.92 Å². The molecule has 0 bridgehead atoms. The van der Waals surface area contributed by atoms with E-state index in [2.05, 4.69) is 24.3 Å². The number of carbonyl (C=O) groups is 2. The van der Waals surface area contributed by atoms with Crippen LogP contribution in [0.15, 0.2) is 42.2 Å². The van der Waals surface area contributed by atoms with Crippen LogP contribution in [-0.4, -0.2) is 46.4 Å². The molecule has 28 heavy (non-hydrogen) atoms. The summed E-state index contributed by atoms with van der Waals surface area (Å²) >= 11 is 0. The number of aliphatic hydroxyl groups excluding tert-OH is 1. The quantitative estimate of drug-likeness (QED) is 0.833. The maximum absolute atomic E-state index is 12.4. The van der Waals surface area contributed by atoms with Crippen molar-refractivity contribution in [1.82, 2.24) is 4.90 Å². The zero-order chi connectivity index (χ0) is 20.3. The lowest BCUT2D eigenvalue weighted by Gasteiger charge is -2.31. The molecule has 152 valence electrons. The molecule has 3 rings (SSSR count). The molecule has 1 unspecified atom stereocenters. The van der Waals surface area contributed by atoms with E-state index >= 15 is 0 Å². The molecule has 0 aromatic heterocycles. The number of rotatable bonds is 4. The highest BCUT2D eigenvalue weighted by atomic mass is 16.6. The molecule has 1 N–H and O–H groups in total. The zero-order valence-electron chi connectivity index (χ0n) is 16.8. The van der Waals surface area contributed by atoms with E-state index in [1.165, 1.54) is 5.56 Å².